The molecule has 0 saturated carbocycles. The van der Waals surface area contributed by atoms with E-state index < -0.39 is 0 Å². The first-order chi connectivity index (χ1) is 8.08. The van der Waals surface area contributed by atoms with Crippen LogP contribution in [0.2, 0.25) is 0 Å². The van der Waals surface area contributed by atoms with Crippen LogP contribution in [0.3, 0.4) is 0 Å². The molecule has 1 aromatic carbocycles. The Hall–Kier alpha value is -0.0600. The van der Waals surface area contributed by atoms with Gasteiger partial charge in [0.15, 0.2) is 0 Å². The van der Waals surface area contributed by atoms with Gasteiger partial charge in [0.25, 0.3) is 0 Å². The molecular formula is C13H19Br2NO. The van der Waals surface area contributed by atoms with E-state index in [2.05, 4.69) is 63.2 Å². The van der Waals surface area contributed by atoms with Gasteiger partial charge in [0, 0.05) is 12.6 Å². The lowest BCUT2D eigenvalue weighted by molar-refractivity contribution is 0.336. The fourth-order valence-corrected chi connectivity index (χ4v) is 2.94. The van der Waals surface area contributed by atoms with Crippen molar-refractivity contribution in [3.8, 4) is 5.75 Å². The first kappa shape index (κ1) is 15.0. The first-order valence-corrected chi connectivity index (χ1v) is 7.51. The lowest BCUT2D eigenvalue weighted by Crippen LogP contribution is -2.24. The van der Waals surface area contributed by atoms with Gasteiger partial charge in [-0.15, -0.1) is 0 Å². The zero-order chi connectivity index (χ0) is 12.8. The Kier molecular flexibility index (Phi) is 6.52. The number of nitrogens with one attached hydrogen (secondary N) is 1. The molecule has 0 heterocycles. The highest BCUT2D eigenvalue weighted by Crippen LogP contribution is 2.34. The smallest absolute Gasteiger partial charge is 0.147 e. The number of halogens is 2. The van der Waals surface area contributed by atoms with E-state index in [0.29, 0.717) is 12.6 Å². The number of hydrogen-bond acceptors (Lipinski definition) is 2. The van der Waals surface area contributed by atoms with Gasteiger partial charge in [-0.1, -0.05) is 6.92 Å². The SMILES string of the molecule is CCOc1c(Br)cc(CN[C@H](C)CC)cc1Br. The molecule has 1 aromatic rings. The monoisotopic (exact) mass is 363 g/mol. The van der Waals surface area contributed by atoms with Crippen molar-refractivity contribution in [2.75, 3.05) is 6.61 Å². The van der Waals surface area contributed by atoms with Gasteiger partial charge in [-0.3, -0.25) is 0 Å². The third-order valence-electron chi connectivity index (χ3n) is 2.61. The topological polar surface area (TPSA) is 21.3 Å². The molecule has 0 unspecified atom stereocenters. The maximum absolute atomic E-state index is 5.56. The highest BCUT2D eigenvalue weighted by atomic mass is 79.9. The third kappa shape index (κ3) is 4.60. The van der Waals surface area contributed by atoms with Crippen LogP contribution in [0.25, 0.3) is 0 Å². The van der Waals surface area contributed by atoms with Crippen LogP contribution in [0.15, 0.2) is 21.1 Å². The largest absolute Gasteiger partial charge is 0.492 e. The van der Waals surface area contributed by atoms with Gasteiger partial charge in [0.2, 0.25) is 0 Å². The predicted octanol–water partition coefficient (Wildman–Crippen LogP) is 4.50. The molecule has 0 amide bonds. The van der Waals surface area contributed by atoms with E-state index in [1.54, 1.807) is 0 Å². The number of hydrogen-bond donors (Lipinski definition) is 1. The predicted molar refractivity (Wildman–Crippen MR) is 79.6 cm³/mol. The van der Waals surface area contributed by atoms with Gasteiger partial charge in [-0.05, 0) is 69.8 Å². The minimum Gasteiger partial charge on any atom is -0.492 e. The maximum atomic E-state index is 5.56. The van der Waals surface area contributed by atoms with Crippen molar-refractivity contribution >= 4 is 31.9 Å². The van der Waals surface area contributed by atoms with E-state index in [0.717, 1.165) is 27.7 Å². The van der Waals surface area contributed by atoms with Gasteiger partial charge in [-0.2, -0.15) is 0 Å². The second-order valence-electron chi connectivity index (χ2n) is 4.01. The average Bonchev–Trinajstić information content (AvgIpc) is 2.30. The summed E-state index contributed by atoms with van der Waals surface area (Å²) in [6.45, 7) is 7.90. The summed E-state index contributed by atoms with van der Waals surface area (Å²) < 4.78 is 7.55. The van der Waals surface area contributed by atoms with Gasteiger partial charge >= 0.3 is 0 Å². The lowest BCUT2D eigenvalue weighted by Gasteiger charge is -2.14. The zero-order valence-corrected chi connectivity index (χ0v) is 13.7. The second-order valence-corrected chi connectivity index (χ2v) is 5.72. The van der Waals surface area contributed by atoms with Gasteiger partial charge < -0.3 is 10.1 Å². The van der Waals surface area contributed by atoms with Crippen LogP contribution in [0, 0.1) is 0 Å². The Bertz CT molecular complexity index is 345. The average molecular weight is 365 g/mol. The summed E-state index contributed by atoms with van der Waals surface area (Å²) in [7, 11) is 0. The Balaban J connectivity index is 2.76. The van der Waals surface area contributed by atoms with Crippen molar-refractivity contribution in [2.24, 2.45) is 0 Å². The van der Waals surface area contributed by atoms with Crippen molar-refractivity contribution in [1.82, 2.24) is 5.32 Å². The highest BCUT2D eigenvalue weighted by molar-refractivity contribution is 9.11. The Morgan fingerprint density at radius 2 is 1.82 bits per heavy atom. The van der Waals surface area contributed by atoms with Crippen molar-refractivity contribution in [1.29, 1.82) is 0 Å². The molecule has 17 heavy (non-hydrogen) atoms. The normalized spacial score (nSPS) is 12.5. The van der Waals surface area contributed by atoms with Gasteiger partial charge in [0.05, 0.1) is 15.6 Å². The van der Waals surface area contributed by atoms with Crippen LogP contribution in [-0.2, 0) is 6.54 Å². The Morgan fingerprint density at radius 1 is 1.24 bits per heavy atom. The molecule has 96 valence electrons. The number of rotatable bonds is 6. The molecule has 0 aliphatic carbocycles. The third-order valence-corrected chi connectivity index (χ3v) is 3.79. The Labute approximate surface area is 120 Å². The van der Waals surface area contributed by atoms with Gasteiger partial charge in [-0.25, -0.2) is 0 Å². The molecule has 1 rings (SSSR count). The molecule has 0 aromatic heterocycles. The first-order valence-electron chi connectivity index (χ1n) is 5.92. The highest BCUT2D eigenvalue weighted by Gasteiger charge is 2.08. The summed E-state index contributed by atoms with van der Waals surface area (Å²) in [5.41, 5.74) is 1.24. The molecule has 1 N–H and O–H groups in total. The van der Waals surface area contributed by atoms with Crippen molar-refractivity contribution in [3.63, 3.8) is 0 Å². The van der Waals surface area contributed by atoms with E-state index in [1.165, 1.54) is 5.56 Å². The molecule has 2 nitrogen and oxygen atoms in total. The minimum absolute atomic E-state index is 0.541. The van der Waals surface area contributed by atoms with E-state index in [1.807, 2.05) is 6.92 Å². The molecule has 0 saturated heterocycles. The maximum Gasteiger partial charge on any atom is 0.147 e. The summed E-state index contributed by atoms with van der Waals surface area (Å²) in [5, 5.41) is 3.47. The molecular weight excluding hydrogens is 346 g/mol. The molecule has 0 fully saturated rings. The van der Waals surface area contributed by atoms with Crippen LogP contribution in [-0.4, -0.2) is 12.6 Å². The molecule has 0 bridgehead atoms. The summed E-state index contributed by atoms with van der Waals surface area (Å²) in [6, 6.07) is 4.75. The van der Waals surface area contributed by atoms with Crippen LogP contribution < -0.4 is 10.1 Å². The molecule has 1 atom stereocenters. The van der Waals surface area contributed by atoms with E-state index in [-0.39, 0.29) is 0 Å². The fraction of sp³-hybridized carbons (Fsp3) is 0.538. The summed E-state index contributed by atoms with van der Waals surface area (Å²) in [5.74, 6) is 0.875. The summed E-state index contributed by atoms with van der Waals surface area (Å²) in [4.78, 5) is 0. The van der Waals surface area contributed by atoms with Gasteiger partial charge in [0.1, 0.15) is 5.75 Å². The van der Waals surface area contributed by atoms with E-state index in [4.69, 9.17) is 4.74 Å². The molecule has 0 aliphatic rings. The van der Waals surface area contributed by atoms with Crippen LogP contribution in [0.1, 0.15) is 32.8 Å². The second kappa shape index (κ2) is 7.39. The molecule has 0 spiro atoms. The van der Waals surface area contributed by atoms with E-state index >= 15 is 0 Å². The van der Waals surface area contributed by atoms with Crippen molar-refractivity contribution < 1.29 is 4.74 Å². The summed E-state index contributed by atoms with van der Waals surface area (Å²) >= 11 is 7.08. The van der Waals surface area contributed by atoms with Crippen molar-refractivity contribution in [2.45, 2.75) is 39.8 Å². The van der Waals surface area contributed by atoms with Crippen LogP contribution in [0.5, 0.6) is 5.75 Å². The fourth-order valence-electron chi connectivity index (χ4n) is 1.43. The quantitative estimate of drug-likeness (QED) is 0.802. The molecule has 0 radical (unpaired) electrons. The lowest BCUT2D eigenvalue weighted by atomic mass is 10.2. The zero-order valence-electron chi connectivity index (χ0n) is 10.5. The molecule has 4 heteroatoms. The van der Waals surface area contributed by atoms with Crippen LogP contribution >= 0.6 is 31.9 Å². The summed E-state index contributed by atoms with van der Waals surface area (Å²) in [6.07, 6.45) is 1.14. The van der Waals surface area contributed by atoms with Crippen molar-refractivity contribution in [3.05, 3.63) is 26.6 Å². The van der Waals surface area contributed by atoms with Crippen LogP contribution in [0.4, 0.5) is 0 Å². The minimum atomic E-state index is 0.541. The number of ether oxygens (including phenoxy) is 1. The number of benzene rings is 1. The Morgan fingerprint density at radius 3 is 2.29 bits per heavy atom. The van der Waals surface area contributed by atoms with E-state index in [9.17, 15) is 0 Å². The standard InChI is InChI=1S/C13H19Br2NO/c1-4-9(3)16-8-10-6-11(14)13(17-5-2)12(15)7-10/h6-7,9,16H,4-5,8H2,1-3H3/t9-/m1/s1. The molecule has 0 aliphatic heterocycles.